The molecule has 4 saturated carbocycles. The van der Waals surface area contributed by atoms with Crippen molar-refractivity contribution in [1.82, 2.24) is 0 Å². The van der Waals surface area contributed by atoms with Crippen molar-refractivity contribution in [2.75, 3.05) is 0 Å². The van der Waals surface area contributed by atoms with Gasteiger partial charge in [0.2, 0.25) is 5.82 Å². The number of carbonyl (C=O) groups excluding carboxylic acids is 1. The second-order valence-electron chi connectivity index (χ2n) is 8.87. The fourth-order valence-corrected chi connectivity index (χ4v) is 7.27. The van der Waals surface area contributed by atoms with Crippen LogP contribution in [0.5, 0.6) is 5.75 Å². The molecule has 7 atom stereocenters. The van der Waals surface area contributed by atoms with Gasteiger partial charge < -0.3 is 14.6 Å². The fourth-order valence-electron chi connectivity index (χ4n) is 7.27. The van der Waals surface area contributed by atoms with Crippen LogP contribution in [0.15, 0.2) is 12.1 Å². The van der Waals surface area contributed by atoms with Crippen molar-refractivity contribution in [3.8, 4) is 5.75 Å². The maximum Gasteiger partial charge on any atom is 0.200 e. The van der Waals surface area contributed by atoms with Gasteiger partial charge in [-0.2, -0.15) is 4.39 Å². The van der Waals surface area contributed by atoms with Gasteiger partial charge in [0.1, 0.15) is 5.60 Å². The van der Waals surface area contributed by atoms with Crippen molar-refractivity contribution in [1.29, 1.82) is 0 Å². The number of halogens is 2. The molecule has 4 bridgehead atoms. The van der Waals surface area contributed by atoms with E-state index < -0.39 is 23.2 Å². The van der Waals surface area contributed by atoms with E-state index in [4.69, 9.17) is 4.74 Å². The van der Waals surface area contributed by atoms with Crippen molar-refractivity contribution >= 4 is 5.97 Å². The second-order valence-corrected chi connectivity index (χ2v) is 8.87. The summed E-state index contributed by atoms with van der Waals surface area (Å²) in [6.45, 7) is 2.04. The Balaban J connectivity index is 1.49. The highest BCUT2D eigenvalue weighted by molar-refractivity contribution is 5.86. The Kier molecular flexibility index (Phi) is 3.45. The summed E-state index contributed by atoms with van der Waals surface area (Å²) in [5, 5.41) is 11.1. The molecule has 0 heterocycles. The number of fused-ring (bicyclic) bond motifs is 9. The molecule has 0 N–H and O–H groups in total. The first-order chi connectivity index (χ1) is 12.4. The van der Waals surface area contributed by atoms with Crippen LogP contribution in [0.4, 0.5) is 8.78 Å². The van der Waals surface area contributed by atoms with Gasteiger partial charge in [0.05, 0.1) is 5.97 Å². The van der Waals surface area contributed by atoms with E-state index in [1.807, 2.05) is 6.92 Å². The van der Waals surface area contributed by atoms with Crippen LogP contribution in [0.1, 0.15) is 55.8 Å². The lowest BCUT2D eigenvalue weighted by Gasteiger charge is -2.46. The Labute approximate surface area is 151 Å². The lowest BCUT2D eigenvalue weighted by molar-refractivity contribution is -0.255. The molecule has 5 heteroatoms. The maximum atomic E-state index is 14.4. The van der Waals surface area contributed by atoms with Gasteiger partial charge in [0, 0.05) is 11.5 Å². The van der Waals surface area contributed by atoms with Crippen LogP contribution in [0.3, 0.4) is 0 Å². The van der Waals surface area contributed by atoms with E-state index in [1.165, 1.54) is 19.3 Å². The van der Waals surface area contributed by atoms with E-state index >= 15 is 0 Å². The zero-order valence-corrected chi connectivity index (χ0v) is 14.8. The van der Waals surface area contributed by atoms with Crippen molar-refractivity contribution in [3.05, 3.63) is 29.3 Å². The molecule has 140 valence electrons. The quantitative estimate of drug-likeness (QED) is 0.771. The molecule has 5 rings (SSSR count). The molecule has 0 radical (unpaired) electrons. The van der Waals surface area contributed by atoms with Gasteiger partial charge in [0.15, 0.2) is 11.6 Å². The molecule has 1 aromatic carbocycles. The van der Waals surface area contributed by atoms with Crippen LogP contribution in [0.2, 0.25) is 0 Å². The van der Waals surface area contributed by atoms with Crippen LogP contribution in [0.25, 0.3) is 0 Å². The predicted octanol–water partition coefficient (Wildman–Crippen LogP) is 3.56. The molecule has 3 nitrogen and oxygen atoms in total. The van der Waals surface area contributed by atoms with Gasteiger partial charge in [-0.15, -0.1) is 0 Å². The lowest BCUT2D eigenvalue weighted by atomic mass is 9.65. The van der Waals surface area contributed by atoms with Gasteiger partial charge in [-0.05, 0) is 80.2 Å². The summed E-state index contributed by atoms with van der Waals surface area (Å²) >= 11 is 0. The van der Waals surface area contributed by atoms with Crippen LogP contribution in [-0.4, -0.2) is 11.6 Å². The maximum absolute atomic E-state index is 14.4. The van der Waals surface area contributed by atoms with E-state index in [-0.39, 0.29) is 11.3 Å². The molecule has 4 aliphatic carbocycles. The summed E-state index contributed by atoms with van der Waals surface area (Å²) in [4.78, 5) is 11.1. The van der Waals surface area contributed by atoms with Gasteiger partial charge in [-0.1, -0.05) is 6.92 Å². The molecule has 0 saturated heterocycles. The molecule has 0 amide bonds. The van der Waals surface area contributed by atoms with E-state index in [0.29, 0.717) is 23.8 Å². The molecule has 4 fully saturated rings. The molecule has 26 heavy (non-hydrogen) atoms. The molecular formula is C21H23F2O3-. The summed E-state index contributed by atoms with van der Waals surface area (Å²) in [5.41, 5.74) is -0.889. The highest BCUT2D eigenvalue weighted by Crippen LogP contribution is 2.70. The summed E-state index contributed by atoms with van der Waals surface area (Å²) in [6, 6.07) is 1.73. The lowest BCUT2D eigenvalue weighted by Crippen LogP contribution is -2.48. The standard InChI is InChI=1S/C21H24F2O3/c1-2-21(26-16-8-12(20(24)25)7-15(22)19(16)23)9-13-6-14(21)18-11-4-3-10(5-11)17(13)18/h7-8,10-11,13-14,17-18H,2-6,9H2,1H3,(H,24,25)/p-1. The number of hydrogen-bond acceptors (Lipinski definition) is 3. The minimum atomic E-state index is -1.53. The first kappa shape index (κ1) is 16.5. The zero-order chi connectivity index (χ0) is 18.2. The molecule has 4 aliphatic rings. The highest BCUT2D eigenvalue weighted by Gasteiger charge is 2.67. The smallest absolute Gasteiger partial charge is 0.200 e. The van der Waals surface area contributed by atoms with Gasteiger partial charge in [-0.3, -0.25) is 0 Å². The minimum Gasteiger partial charge on any atom is -0.545 e. The number of rotatable bonds is 4. The largest absolute Gasteiger partial charge is 0.545 e. The third kappa shape index (κ3) is 2.06. The van der Waals surface area contributed by atoms with Gasteiger partial charge >= 0.3 is 0 Å². The number of aromatic carboxylic acids is 1. The van der Waals surface area contributed by atoms with Crippen LogP contribution < -0.4 is 9.84 Å². The van der Waals surface area contributed by atoms with Crippen molar-refractivity contribution < 1.29 is 23.4 Å². The number of ether oxygens (including phenoxy) is 1. The van der Waals surface area contributed by atoms with E-state index in [1.54, 1.807) is 0 Å². The highest BCUT2D eigenvalue weighted by atomic mass is 19.2. The molecule has 0 aliphatic heterocycles. The Morgan fingerprint density at radius 1 is 1.19 bits per heavy atom. The Hall–Kier alpha value is -1.65. The topological polar surface area (TPSA) is 49.4 Å². The molecule has 1 aromatic rings. The van der Waals surface area contributed by atoms with E-state index in [9.17, 15) is 18.7 Å². The summed E-state index contributed by atoms with van der Waals surface area (Å²) in [6.07, 6.45) is 6.67. The van der Waals surface area contributed by atoms with Crippen LogP contribution >= 0.6 is 0 Å². The normalized spacial score (nSPS) is 42.3. The average molecular weight is 361 g/mol. The predicted molar refractivity (Wildman–Crippen MR) is 88.4 cm³/mol. The zero-order valence-electron chi connectivity index (χ0n) is 14.8. The van der Waals surface area contributed by atoms with Gasteiger partial charge in [0.25, 0.3) is 0 Å². The van der Waals surface area contributed by atoms with Gasteiger partial charge in [-0.25, -0.2) is 4.39 Å². The van der Waals surface area contributed by atoms with Crippen molar-refractivity contribution in [2.24, 2.45) is 35.5 Å². The third-order valence-electron chi connectivity index (χ3n) is 8.04. The third-order valence-corrected chi connectivity index (χ3v) is 8.04. The molecule has 7 unspecified atom stereocenters. The van der Waals surface area contributed by atoms with Crippen LogP contribution in [0, 0.1) is 47.1 Å². The van der Waals surface area contributed by atoms with Crippen molar-refractivity contribution in [3.63, 3.8) is 0 Å². The van der Waals surface area contributed by atoms with Crippen LogP contribution in [-0.2, 0) is 0 Å². The van der Waals surface area contributed by atoms with E-state index in [2.05, 4.69) is 0 Å². The SMILES string of the molecule is CCC1(Oc2cc(C(=O)[O-])cc(F)c2F)CC2CC1C1C3CCC(C3)C21. The average Bonchev–Trinajstić information content (AvgIpc) is 3.36. The first-order valence-corrected chi connectivity index (χ1v) is 9.83. The Morgan fingerprint density at radius 2 is 1.92 bits per heavy atom. The number of carboxylic acid groups (broad SMARTS) is 1. The summed E-state index contributed by atoms with van der Waals surface area (Å²) < 4.78 is 34.4. The molecule has 0 spiro atoms. The minimum absolute atomic E-state index is 0.279. The number of carboxylic acids is 1. The second kappa shape index (κ2) is 5.43. The summed E-state index contributed by atoms with van der Waals surface area (Å²) in [5.74, 6) is -0.0914. The summed E-state index contributed by atoms with van der Waals surface area (Å²) in [7, 11) is 0. The fraction of sp³-hybridized carbons (Fsp3) is 0.667. The first-order valence-electron chi connectivity index (χ1n) is 9.83. The molecular weight excluding hydrogens is 338 g/mol. The Morgan fingerprint density at radius 3 is 2.62 bits per heavy atom. The number of carbonyl (C=O) groups is 1. The van der Waals surface area contributed by atoms with Crippen molar-refractivity contribution in [2.45, 2.75) is 51.0 Å². The molecule has 0 aromatic heterocycles. The van der Waals surface area contributed by atoms with E-state index in [0.717, 1.165) is 43.1 Å². The monoisotopic (exact) mass is 361 g/mol. The number of benzene rings is 1. The number of hydrogen-bond donors (Lipinski definition) is 0. The Bertz CT molecular complexity index is 779.